The van der Waals surface area contributed by atoms with Crippen molar-refractivity contribution in [3.63, 3.8) is 0 Å². The SMILES string of the molecule is CCOCc1ccccc1C(O)(c1ccccc1)c1ccc(OC)cc1. The van der Waals surface area contributed by atoms with E-state index in [0.717, 1.165) is 28.0 Å². The van der Waals surface area contributed by atoms with Gasteiger partial charge in [-0.2, -0.15) is 0 Å². The summed E-state index contributed by atoms with van der Waals surface area (Å²) in [6.07, 6.45) is 0. The largest absolute Gasteiger partial charge is 0.497 e. The second kappa shape index (κ2) is 8.17. The molecular formula is C23H24O3. The molecule has 0 aliphatic heterocycles. The smallest absolute Gasteiger partial charge is 0.140 e. The van der Waals surface area contributed by atoms with Crippen LogP contribution in [-0.2, 0) is 16.9 Å². The van der Waals surface area contributed by atoms with Crippen LogP contribution in [-0.4, -0.2) is 18.8 Å². The average Bonchev–Trinajstić information content (AvgIpc) is 2.72. The lowest BCUT2D eigenvalue weighted by Crippen LogP contribution is -2.30. The molecule has 0 amide bonds. The number of rotatable bonds is 7. The molecule has 0 aromatic heterocycles. The van der Waals surface area contributed by atoms with E-state index < -0.39 is 5.60 Å². The molecule has 0 bridgehead atoms. The molecule has 1 N–H and O–H groups in total. The van der Waals surface area contributed by atoms with E-state index in [2.05, 4.69) is 0 Å². The first-order chi connectivity index (χ1) is 12.7. The summed E-state index contributed by atoms with van der Waals surface area (Å²) in [4.78, 5) is 0. The van der Waals surface area contributed by atoms with Gasteiger partial charge >= 0.3 is 0 Å². The molecule has 134 valence electrons. The number of ether oxygens (including phenoxy) is 2. The van der Waals surface area contributed by atoms with Gasteiger partial charge in [0.2, 0.25) is 0 Å². The minimum absolute atomic E-state index is 0.456. The molecule has 0 fully saturated rings. The lowest BCUT2D eigenvalue weighted by molar-refractivity contribution is 0.110. The highest BCUT2D eigenvalue weighted by Crippen LogP contribution is 2.39. The Bertz CT molecular complexity index is 828. The van der Waals surface area contributed by atoms with Crippen molar-refractivity contribution < 1.29 is 14.6 Å². The quantitative estimate of drug-likeness (QED) is 0.638. The maximum atomic E-state index is 12.0. The molecule has 3 heteroatoms. The van der Waals surface area contributed by atoms with E-state index in [0.29, 0.717) is 13.2 Å². The van der Waals surface area contributed by atoms with E-state index in [1.165, 1.54) is 0 Å². The van der Waals surface area contributed by atoms with Gasteiger partial charge in [0.25, 0.3) is 0 Å². The van der Waals surface area contributed by atoms with Crippen molar-refractivity contribution in [1.29, 1.82) is 0 Å². The third kappa shape index (κ3) is 3.50. The van der Waals surface area contributed by atoms with E-state index in [9.17, 15) is 5.11 Å². The molecule has 3 rings (SSSR count). The van der Waals surface area contributed by atoms with Gasteiger partial charge in [-0.3, -0.25) is 0 Å². The second-order valence-electron chi connectivity index (χ2n) is 6.10. The van der Waals surface area contributed by atoms with E-state index >= 15 is 0 Å². The monoisotopic (exact) mass is 348 g/mol. The van der Waals surface area contributed by atoms with Crippen molar-refractivity contribution in [1.82, 2.24) is 0 Å². The normalized spacial score (nSPS) is 13.2. The first kappa shape index (κ1) is 18.2. The highest BCUT2D eigenvalue weighted by atomic mass is 16.5. The maximum absolute atomic E-state index is 12.0. The number of benzene rings is 3. The summed E-state index contributed by atoms with van der Waals surface area (Å²) in [5, 5.41) is 12.0. The first-order valence-electron chi connectivity index (χ1n) is 8.78. The van der Waals surface area contributed by atoms with Crippen molar-refractivity contribution in [3.05, 3.63) is 101 Å². The third-order valence-electron chi connectivity index (χ3n) is 4.57. The van der Waals surface area contributed by atoms with Crippen LogP contribution in [0.25, 0.3) is 0 Å². The summed E-state index contributed by atoms with van der Waals surface area (Å²) in [6.45, 7) is 3.05. The maximum Gasteiger partial charge on any atom is 0.140 e. The lowest BCUT2D eigenvalue weighted by Gasteiger charge is -2.32. The van der Waals surface area contributed by atoms with Crippen molar-refractivity contribution in [2.45, 2.75) is 19.1 Å². The Kier molecular flexibility index (Phi) is 5.71. The first-order valence-corrected chi connectivity index (χ1v) is 8.78. The zero-order valence-electron chi connectivity index (χ0n) is 15.2. The summed E-state index contributed by atoms with van der Waals surface area (Å²) in [5.41, 5.74) is 2.12. The van der Waals surface area contributed by atoms with Crippen LogP contribution in [0.4, 0.5) is 0 Å². The molecule has 1 atom stereocenters. The summed E-state index contributed by atoms with van der Waals surface area (Å²) in [5.74, 6) is 0.756. The summed E-state index contributed by atoms with van der Waals surface area (Å²) < 4.78 is 10.9. The van der Waals surface area contributed by atoms with Gasteiger partial charge in [0.15, 0.2) is 0 Å². The molecule has 0 spiro atoms. The molecule has 0 aliphatic carbocycles. The molecule has 3 nitrogen and oxygen atoms in total. The highest BCUT2D eigenvalue weighted by Gasteiger charge is 2.35. The van der Waals surface area contributed by atoms with Crippen molar-refractivity contribution in [2.24, 2.45) is 0 Å². The second-order valence-corrected chi connectivity index (χ2v) is 6.10. The Morgan fingerprint density at radius 3 is 2.08 bits per heavy atom. The van der Waals surface area contributed by atoms with E-state index in [1.54, 1.807) is 7.11 Å². The molecule has 3 aromatic carbocycles. The van der Waals surface area contributed by atoms with Gasteiger partial charge in [-0.05, 0) is 41.3 Å². The van der Waals surface area contributed by atoms with Gasteiger partial charge in [-0.25, -0.2) is 0 Å². The van der Waals surface area contributed by atoms with Gasteiger partial charge in [-0.1, -0.05) is 66.7 Å². The molecule has 0 aliphatic rings. The van der Waals surface area contributed by atoms with Crippen molar-refractivity contribution >= 4 is 0 Å². The van der Waals surface area contributed by atoms with E-state index in [1.807, 2.05) is 85.8 Å². The van der Waals surface area contributed by atoms with Crippen LogP contribution in [0, 0.1) is 0 Å². The number of aliphatic hydroxyl groups is 1. The van der Waals surface area contributed by atoms with Crippen LogP contribution in [0.15, 0.2) is 78.9 Å². The Balaban J connectivity index is 2.19. The topological polar surface area (TPSA) is 38.7 Å². The zero-order chi connectivity index (χ0) is 18.4. The third-order valence-corrected chi connectivity index (χ3v) is 4.57. The molecule has 1 unspecified atom stereocenters. The Hall–Kier alpha value is -2.62. The Labute approximate surface area is 154 Å². The number of hydrogen-bond acceptors (Lipinski definition) is 3. The Morgan fingerprint density at radius 1 is 0.808 bits per heavy atom. The minimum Gasteiger partial charge on any atom is -0.497 e. The minimum atomic E-state index is -1.28. The molecule has 0 saturated heterocycles. The van der Waals surface area contributed by atoms with E-state index in [-0.39, 0.29) is 0 Å². The fourth-order valence-corrected chi connectivity index (χ4v) is 3.20. The van der Waals surface area contributed by atoms with Crippen LogP contribution >= 0.6 is 0 Å². The molecule has 0 saturated carbocycles. The van der Waals surface area contributed by atoms with Crippen molar-refractivity contribution in [2.75, 3.05) is 13.7 Å². The lowest BCUT2D eigenvalue weighted by atomic mass is 9.78. The molecule has 3 aromatic rings. The Morgan fingerprint density at radius 2 is 1.42 bits per heavy atom. The van der Waals surface area contributed by atoms with Crippen LogP contribution in [0.1, 0.15) is 29.2 Å². The van der Waals surface area contributed by atoms with E-state index in [4.69, 9.17) is 9.47 Å². The zero-order valence-corrected chi connectivity index (χ0v) is 15.2. The highest BCUT2D eigenvalue weighted by molar-refractivity contribution is 5.50. The summed E-state index contributed by atoms with van der Waals surface area (Å²) in [6, 6.07) is 25.2. The summed E-state index contributed by atoms with van der Waals surface area (Å²) >= 11 is 0. The van der Waals surface area contributed by atoms with Gasteiger partial charge in [-0.15, -0.1) is 0 Å². The fourth-order valence-electron chi connectivity index (χ4n) is 3.20. The van der Waals surface area contributed by atoms with Crippen LogP contribution in [0.3, 0.4) is 0 Å². The fraction of sp³-hybridized carbons (Fsp3) is 0.217. The molecular weight excluding hydrogens is 324 g/mol. The predicted octanol–water partition coefficient (Wildman–Crippen LogP) is 4.52. The van der Waals surface area contributed by atoms with Gasteiger partial charge < -0.3 is 14.6 Å². The number of methoxy groups -OCH3 is 1. The molecule has 0 heterocycles. The molecule has 26 heavy (non-hydrogen) atoms. The predicted molar refractivity (Wildman–Crippen MR) is 103 cm³/mol. The van der Waals surface area contributed by atoms with Gasteiger partial charge in [0.1, 0.15) is 11.4 Å². The van der Waals surface area contributed by atoms with Crippen LogP contribution in [0.5, 0.6) is 5.75 Å². The van der Waals surface area contributed by atoms with Gasteiger partial charge in [0.05, 0.1) is 13.7 Å². The van der Waals surface area contributed by atoms with Crippen LogP contribution < -0.4 is 4.74 Å². The van der Waals surface area contributed by atoms with Crippen molar-refractivity contribution in [3.8, 4) is 5.75 Å². The van der Waals surface area contributed by atoms with Crippen LogP contribution in [0.2, 0.25) is 0 Å². The molecule has 0 radical (unpaired) electrons. The standard InChI is InChI=1S/C23H24O3/c1-3-26-17-18-9-7-8-12-22(18)23(24,19-10-5-4-6-11-19)20-13-15-21(25-2)16-14-20/h4-16,24H,3,17H2,1-2H3. The van der Waals surface area contributed by atoms with Gasteiger partial charge in [0, 0.05) is 6.61 Å². The number of hydrogen-bond donors (Lipinski definition) is 1. The average molecular weight is 348 g/mol. The summed E-state index contributed by atoms with van der Waals surface area (Å²) in [7, 11) is 1.63.